The van der Waals surface area contributed by atoms with E-state index in [-0.39, 0.29) is 19.1 Å². The van der Waals surface area contributed by atoms with Crippen LogP contribution in [0, 0.1) is 0 Å². The lowest BCUT2D eigenvalue weighted by Gasteiger charge is -2.35. The molecule has 6 heteroatoms. The van der Waals surface area contributed by atoms with Crippen LogP contribution in [0.3, 0.4) is 0 Å². The van der Waals surface area contributed by atoms with Crippen molar-refractivity contribution >= 4 is 12.0 Å². The molecule has 0 aromatic heterocycles. The third-order valence-corrected chi connectivity index (χ3v) is 3.55. The van der Waals surface area contributed by atoms with Gasteiger partial charge in [0.05, 0.1) is 12.6 Å². The first-order valence-electron chi connectivity index (χ1n) is 6.98. The van der Waals surface area contributed by atoms with E-state index >= 15 is 0 Å². The Bertz CT molecular complexity index is 492. The van der Waals surface area contributed by atoms with Crippen molar-refractivity contribution in [3.05, 3.63) is 35.9 Å². The minimum absolute atomic E-state index is 0.117. The maximum absolute atomic E-state index is 12.2. The summed E-state index contributed by atoms with van der Waals surface area (Å²) in [4.78, 5) is 25.3. The van der Waals surface area contributed by atoms with Crippen molar-refractivity contribution in [2.75, 3.05) is 13.6 Å². The van der Waals surface area contributed by atoms with Gasteiger partial charge in [-0.25, -0.2) is 4.79 Å². The van der Waals surface area contributed by atoms with Crippen molar-refractivity contribution in [3.8, 4) is 0 Å². The average molecular weight is 292 g/mol. The maximum Gasteiger partial charge on any atom is 0.410 e. The molecule has 2 amide bonds. The third-order valence-electron chi connectivity index (χ3n) is 3.55. The molecule has 0 saturated carbocycles. The van der Waals surface area contributed by atoms with Gasteiger partial charge >= 0.3 is 6.09 Å². The Labute approximate surface area is 123 Å². The topological polar surface area (TPSA) is 78.9 Å². The van der Waals surface area contributed by atoms with Crippen LogP contribution >= 0.6 is 0 Å². The van der Waals surface area contributed by atoms with Crippen LogP contribution in [-0.4, -0.2) is 47.7 Å². The van der Waals surface area contributed by atoms with Gasteiger partial charge in [0, 0.05) is 7.05 Å². The number of ether oxygens (including phenoxy) is 1. The largest absolute Gasteiger partial charge is 0.445 e. The minimum Gasteiger partial charge on any atom is -0.445 e. The van der Waals surface area contributed by atoms with Crippen LogP contribution in [-0.2, 0) is 16.1 Å². The molecular weight excluding hydrogens is 272 g/mol. The van der Waals surface area contributed by atoms with Gasteiger partial charge in [-0.3, -0.25) is 9.69 Å². The van der Waals surface area contributed by atoms with Crippen LogP contribution in [0.1, 0.15) is 18.4 Å². The molecule has 2 N–H and O–H groups in total. The van der Waals surface area contributed by atoms with Gasteiger partial charge in [-0.1, -0.05) is 30.3 Å². The van der Waals surface area contributed by atoms with Crippen LogP contribution in [0.5, 0.6) is 0 Å². The number of nitrogens with one attached hydrogen (secondary N) is 1. The molecule has 2 atom stereocenters. The summed E-state index contributed by atoms with van der Waals surface area (Å²) in [5, 5.41) is 12.2. The molecule has 0 aliphatic carbocycles. The number of carbonyl (C=O) groups excluding carboxylic acids is 2. The highest BCUT2D eigenvalue weighted by atomic mass is 16.6. The van der Waals surface area contributed by atoms with E-state index < -0.39 is 18.2 Å². The summed E-state index contributed by atoms with van der Waals surface area (Å²) in [6, 6.07) is 8.74. The molecule has 1 fully saturated rings. The second-order valence-electron chi connectivity index (χ2n) is 5.05. The Hall–Kier alpha value is -2.08. The molecule has 0 spiro atoms. The predicted molar refractivity (Wildman–Crippen MR) is 76.4 cm³/mol. The first kappa shape index (κ1) is 15.3. The monoisotopic (exact) mass is 292 g/mol. The Kier molecular flexibility index (Phi) is 5.16. The molecule has 1 saturated heterocycles. The number of nitrogens with zero attached hydrogens (tertiary/aromatic N) is 1. The highest BCUT2D eigenvalue weighted by Gasteiger charge is 2.35. The molecule has 1 aliphatic heterocycles. The third kappa shape index (κ3) is 3.95. The molecule has 114 valence electrons. The fourth-order valence-corrected chi connectivity index (χ4v) is 2.39. The average Bonchev–Trinajstić information content (AvgIpc) is 2.52. The van der Waals surface area contributed by atoms with Crippen LogP contribution < -0.4 is 5.32 Å². The zero-order valence-electron chi connectivity index (χ0n) is 12.0. The second-order valence-corrected chi connectivity index (χ2v) is 5.05. The van der Waals surface area contributed by atoms with E-state index in [1.807, 2.05) is 30.3 Å². The lowest BCUT2D eigenvalue weighted by atomic mass is 10.00. The van der Waals surface area contributed by atoms with E-state index in [9.17, 15) is 14.7 Å². The molecule has 0 bridgehead atoms. The van der Waals surface area contributed by atoms with E-state index in [2.05, 4.69) is 5.32 Å². The van der Waals surface area contributed by atoms with Gasteiger partial charge in [0.25, 0.3) is 0 Å². The van der Waals surface area contributed by atoms with E-state index in [1.54, 1.807) is 0 Å². The Morgan fingerprint density at radius 3 is 2.71 bits per heavy atom. The van der Waals surface area contributed by atoms with Gasteiger partial charge in [0.15, 0.2) is 0 Å². The summed E-state index contributed by atoms with van der Waals surface area (Å²) >= 11 is 0. The SMILES string of the molecule is CNC(=O)[C@H]1CC[C@@H](O)CN1C(=O)OCc1ccccc1. The molecule has 1 heterocycles. The number of rotatable bonds is 3. The van der Waals surface area contributed by atoms with Crippen molar-refractivity contribution in [3.63, 3.8) is 0 Å². The van der Waals surface area contributed by atoms with E-state index in [0.717, 1.165) is 5.56 Å². The Morgan fingerprint density at radius 2 is 2.05 bits per heavy atom. The van der Waals surface area contributed by atoms with E-state index in [1.165, 1.54) is 11.9 Å². The van der Waals surface area contributed by atoms with Gasteiger partial charge in [-0.15, -0.1) is 0 Å². The van der Waals surface area contributed by atoms with E-state index in [4.69, 9.17) is 4.74 Å². The lowest BCUT2D eigenvalue weighted by molar-refractivity contribution is -0.127. The molecular formula is C15H20N2O4. The smallest absolute Gasteiger partial charge is 0.410 e. The van der Waals surface area contributed by atoms with Gasteiger partial charge in [0.1, 0.15) is 12.6 Å². The molecule has 0 unspecified atom stereocenters. The van der Waals surface area contributed by atoms with Crippen molar-refractivity contribution in [1.82, 2.24) is 10.2 Å². The number of amides is 2. The standard InChI is InChI=1S/C15H20N2O4/c1-16-14(19)13-8-7-12(18)9-17(13)15(20)21-10-11-5-3-2-4-6-11/h2-6,12-13,18H,7-10H2,1H3,(H,16,19)/t12-,13-/m1/s1. The molecule has 1 aromatic carbocycles. The van der Waals surface area contributed by atoms with Crippen molar-refractivity contribution in [1.29, 1.82) is 0 Å². The molecule has 21 heavy (non-hydrogen) atoms. The van der Waals surface area contributed by atoms with Gasteiger partial charge in [-0.05, 0) is 18.4 Å². The number of benzene rings is 1. The number of likely N-dealkylation sites (tertiary alicyclic amines) is 1. The van der Waals surface area contributed by atoms with Crippen LogP contribution in [0.25, 0.3) is 0 Å². The number of piperidine rings is 1. The maximum atomic E-state index is 12.2. The summed E-state index contributed by atoms with van der Waals surface area (Å²) in [6.07, 6.45) is -0.261. The molecule has 1 aromatic rings. The first-order valence-corrected chi connectivity index (χ1v) is 6.98. The number of carbonyl (C=O) groups is 2. The summed E-state index contributed by atoms with van der Waals surface area (Å²) in [6.45, 7) is 0.262. The van der Waals surface area contributed by atoms with Gasteiger partial charge < -0.3 is 15.2 Å². The number of hydrogen-bond donors (Lipinski definition) is 2. The van der Waals surface area contributed by atoms with Crippen LogP contribution in [0.4, 0.5) is 4.79 Å². The zero-order valence-corrected chi connectivity index (χ0v) is 12.0. The molecule has 1 aliphatic rings. The number of likely N-dealkylation sites (N-methyl/N-ethyl adjacent to an activating group) is 1. The zero-order chi connectivity index (χ0) is 15.2. The first-order chi connectivity index (χ1) is 10.1. The molecule has 2 rings (SSSR count). The predicted octanol–water partition coefficient (Wildman–Crippen LogP) is 0.894. The summed E-state index contributed by atoms with van der Waals surface area (Å²) in [5.41, 5.74) is 0.875. The molecule has 6 nitrogen and oxygen atoms in total. The fraction of sp³-hybridized carbons (Fsp3) is 0.467. The lowest BCUT2D eigenvalue weighted by Crippen LogP contribution is -2.54. The number of aliphatic hydroxyl groups is 1. The quantitative estimate of drug-likeness (QED) is 0.867. The second kappa shape index (κ2) is 7.08. The Morgan fingerprint density at radius 1 is 1.33 bits per heavy atom. The van der Waals surface area contributed by atoms with Gasteiger partial charge in [0.2, 0.25) is 5.91 Å². The number of β-amino-alcohol motifs (C(OH)–C–C–N with tert-alkyl or cyclic N) is 1. The van der Waals surface area contributed by atoms with Crippen molar-refractivity contribution in [2.24, 2.45) is 0 Å². The highest BCUT2D eigenvalue weighted by molar-refractivity contribution is 5.85. The van der Waals surface area contributed by atoms with E-state index in [0.29, 0.717) is 12.8 Å². The molecule has 0 radical (unpaired) electrons. The summed E-state index contributed by atoms with van der Waals surface area (Å²) in [7, 11) is 1.53. The highest BCUT2D eigenvalue weighted by Crippen LogP contribution is 2.19. The summed E-state index contributed by atoms with van der Waals surface area (Å²) in [5.74, 6) is -0.237. The fourth-order valence-electron chi connectivity index (χ4n) is 2.39. The van der Waals surface area contributed by atoms with Crippen molar-refractivity contribution < 1.29 is 19.4 Å². The van der Waals surface area contributed by atoms with Crippen LogP contribution in [0.15, 0.2) is 30.3 Å². The number of hydrogen-bond acceptors (Lipinski definition) is 4. The minimum atomic E-state index is -0.616. The van der Waals surface area contributed by atoms with Gasteiger partial charge in [-0.2, -0.15) is 0 Å². The normalized spacial score (nSPS) is 21.7. The number of aliphatic hydroxyl groups excluding tert-OH is 1. The summed E-state index contributed by atoms with van der Waals surface area (Å²) < 4.78 is 5.24. The Balaban J connectivity index is 1.98. The van der Waals surface area contributed by atoms with Crippen molar-refractivity contribution in [2.45, 2.75) is 31.6 Å². The van der Waals surface area contributed by atoms with Crippen LogP contribution in [0.2, 0.25) is 0 Å².